The van der Waals surface area contributed by atoms with Crippen molar-refractivity contribution in [2.24, 2.45) is 4.99 Å². The predicted octanol–water partition coefficient (Wildman–Crippen LogP) is 1.14. The van der Waals surface area contributed by atoms with Crippen molar-refractivity contribution >= 4 is 5.96 Å². The lowest BCUT2D eigenvalue weighted by Gasteiger charge is -2.09. The molecule has 0 bridgehead atoms. The van der Waals surface area contributed by atoms with Crippen molar-refractivity contribution in [1.82, 2.24) is 10.6 Å². The first-order valence-corrected chi connectivity index (χ1v) is 5.13. The molecule has 2 N–H and O–H groups in total. The minimum absolute atomic E-state index is 0.296. The van der Waals surface area contributed by atoms with E-state index in [1.54, 1.807) is 14.1 Å². The van der Waals surface area contributed by atoms with Crippen molar-refractivity contribution in [3.63, 3.8) is 0 Å². The van der Waals surface area contributed by atoms with Gasteiger partial charge in [0, 0.05) is 20.2 Å². The first kappa shape index (κ1) is 13.2. The molecule has 0 aromatic heterocycles. The van der Waals surface area contributed by atoms with Crippen LogP contribution in [0.3, 0.4) is 0 Å². The van der Waals surface area contributed by atoms with Gasteiger partial charge in [0.25, 0.3) is 0 Å². The van der Waals surface area contributed by atoms with E-state index in [-0.39, 0.29) is 0 Å². The second-order valence-electron chi connectivity index (χ2n) is 3.17. The van der Waals surface area contributed by atoms with Gasteiger partial charge in [-0.05, 0) is 12.1 Å². The van der Waals surface area contributed by atoms with Crippen LogP contribution in [0.2, 0.25) is 0 Å². The zero-order chi connectivity index (χ0) is 12.7. The summed E-state index contributed by atoms with van der Waals surface area (Å²) in [7, 11) is 3.39. The Balaban J connectivity index is 2.33. The quantitative estimate of drug-likeness (QED) is 0.473. The summed E-state index contributed by atoms with van der Waals surface area (Å²) in [6.45, 7) is 0.832. The van der Waals surface area contributed by atoms with E-state index in [4.69, 9.17) is 4.74 Å². The number of nitrogens with zero attached hydrogens (tertiary/aromatic N) is 1. The number of halogens is 2. The number of guanidine groups is 1. The minimum Gasteiger partial charge on any atom is -0.492 e. The Morgan fingerprint density at radius 2 is 2.12 bits per heavy atom. The number of ether oxygens (including phenoxy) is 1. The maximum absolute atomic E-state index is 12.8. The molecule has 0 unspecified atom stereocenters. The van der Waals surface area contributed by atoms with Gasteiger partial charge in [-0.3, -0.25) is 4.99 Å². The predicted molar refractivity (Wildman–Crippen MR) is 62.3 cm³/mol. The third-order valence-corrected chi connectivity index (χ3v) is 2.01. The number of hydrogen-bond donors (Lipinski definition) is 2. The fourth-order valence-electron chi connectivity index (χ4n) is 1.18. The van der Waals surface area contributed by atoms with Crippen molar-refractivity contribution in [1.29, 1.82) is 0 Å². The van der Waals surface area contributed by atoms with Crippen LogP contribution in [0.25, 0.3) is 0 Å². The monoisotopic (exact) mass is 243 g/mol. The smallest absolute Gasteiger partial charge is 0.190 e. The molecule has 0 fully saturated rings. The fraction of sp³-hybridized carbons (Fsp3) is 0.364. The Labute approximate surface area is 98.7 Å². The maximum atomic E-state index is 12.8. The van der Waals surface area contributed by atoms with Crippen LogP contribution >= 0.6 is 0 Å². The summed E-state index contributed by atoms with van der Waals surface area (Å²) in [6, 6.07) is 3.43. The molecule has 0 aliphatic heterocycles. The van der Waals surface area contributed by atoms with Gasteiger partial charge < -0.3 is 15.4 Å². The van der Waals surface area contributed by atoms with Crippen molar-refractivity contribution in [3.05, 3.63) is 29.8 Å². The van der Waals surface area contributed by atoms with Gasteiger partial charge in [-0.2, -0.15) is 0 Å². The molecule has 1 rings (SSSR count). The van der Waals surface area contributed by atoms with Crippen LogP contribution < -0.4 is 15.4 Å². The van der Waals surface area contributed by atoms with Gasteiger partial charge in [-0.25, -0.2) is 8.78 Å². The van der Waals surface area contributed by atoms with Gasteiger partial charge in [-0.1, -0.05) is 0 Å². The summed E-state index contributed by atoms with van der Waals surface area (Å²) >= 11 is 0. The number of rotatable bonds is 4. The number of nitrogens with one attached hydrogen (secondary N) is 2. The van der Waals surface area contributed by atoms with Crippen molar-refractivity contribution in [2.75, 3.05) is 27.2 Å². The SMILES string of the molecule is CN=C(NC)NCCOc1ccc(F)c(F)c1. The Hall–Kier alpha value is -1.85. The van der Waals surface area contributed by atoms with E-state index in [0.29, 0.717) is 24.9 Å². The summed E-state index contributed by atoms with van der Waals surface area (Å²) in [6.07, 6.45) is 0. The summed E-state index contributed by atoms with van der Waals surface area (Å²) < 4.78 is 30.7. The van der Waals surface area contributed by atoms with Gasteiger partial charge in [-0.15, -0.1) is 0 Å². The van der Waals surface area contributed by atoms with E-state index in [1.807, 2.05) is 0 Å². The van der Waals surface area contributed by atoms with Crippen LogP contribution in [0.5, 0.6) is 5.75 Å². The standard InChI is InChI=1S/C11H15F2N3O/c1-14-11(15-2)16-5-6-17-8-3-4-9(12)10(13)7-8/h3-4,7H,5-6H2,1-2H3,(H2,14,15,16). The fourth-order valence-corrected chi connectivity index (χ4v) is 1.18. The van der Waals surface area contributed by atoms with Crippen LogP contribution in [0.15, 0.2) is 23.2 Å². The van der Waals surface area contributed by atoms with E-state index < -0.39 is 11.6 Å². The Morgan fingerprint density at radius 1 is 1.35 bits per heavy atom. The number of benzene rings is 1. The highest BCUT2D eigenvalue weighted by molar-refractivity contribution is 5.79. The molecule has 0 aliphatic rings. The lowest BCUT2D eigenvalue weighted by molar-refractivity contribution is 0.319. The largest absolute Gasteiger partial charge is 0.492 e. The molecule has 0 radical (unpaired) electrons. The van der Waals surface area contributed by atoms with Gasteiger partial charge in [0.05, 0.1) is 6.54 Å². The molecule has 1 aromatic rings. The highest BCUT2D eigenvalue weighted by Crippen LogP contribution is 2.14. The van der Waals surface area contributed by atoms with Crippen molar-refractivity contribution < 1.29 is 13.5 Å². The average Bonchev–Trinajstić information content (AvgIpc) is 2.34. The summed E-state index contributed by atoms with van der Waals surface area (Å²) in [4.78, 5) is 3.91. The van der Waals surface area contributed by atoms with E-state index in [0.717, 1.165) is 12.1 Å². The highest BCUT2D eigenvalue weighted by Gasteiger charge is 2.02. The van der Waals surface area contributed by atoms with Gasteiger partial charge in [0.1, 0.15) is 12.4 Å². The van der Waals surface area contributed by atoms with Crippen LogP contribution in [0.1, 0.15) is 0 Å². The molecule has 0 heterocycles. The molecule has 1 aromatic carbocycles. The van der Waals surface area contributed by atoms with Gasteiger partial charge >= 0.3 is 0 Å². The van der Waals surface area contributed by atoms with Crippen LogP contribution in [0, 0.1) is 11.6 Å². The molecule has 4 nitrogen and oxygen atoms in total. The van der Waals surface area contributed by atoms with Crippen molar-refractivity contribution in [2.45, 2.75) is 0 Å². The van der Waals surface area contributed by atoms with E-state index in [9.17, 15) is 8.78 Å². The zero-order valence-electron chi connectivity index (χ0n) is 9.76. The van der Waals surface area contributed by atoms with Gasteiger partial charge in [0.15, 0.2) is 17.6 Å². The lowest BCUT2D eigenvalue weighted by Crippen LogP contribution is -2.37. The first-order chi connectivity index (χ1) is 8.17. The second-order valence-corrected chi connectivity index (χ2v) is 3.17. The number of hydrogen-bond acceptors (Lipinski definition) is 2. The lowest BCUT2D eigenvalue weighted by atomic mass is 10.3. The molecule has 17 heavy (non-hydrogen) atoms. The molecular weight excluding hydrogens is 228 g/mol. The minimum atomic E-state index is -0.915. The van der Waals surface area contributed by atoms with E-state index >= 15 is 0 Å². The molecule has 94 valence electrons. The number of aliphatic imine (C=N–C) groups is 1. The summed E-state index contributed by atoms with van der Waals surface area (Å²) in [5.74, 6) is -0.864. The molecule has 6 heteroatoms. The Morgan fingerprint density at radius 3 is 2.71 bits per heavy atom. The second kappa shape index (κ2) is 6.67. The molecule has 0 saturated heterocycles. The molecule has 0 aliphatic carbocycles. The van der Waals surface area contributed by atoms with E-state index in [1.165, 1.54) is 6.07 Å². The van der Waals surface area contributed by atoms with Crippen LogP contribution in [-0.4, -0.2) is 33.2 Å². The topological polar surface area (TPSA) is 45.7 Å². The van der Waals surface area contributed by atoms with Crippen LogP contribution in [-0.2, 0) is 0 Å². The average molecular weight is 243 g/mol. The molecule has 0 saturated carbocycles. The molecule has 0 amide bonds. The molecule has 0 spiro atoms. The third-order valence-electron chi connectivity index (χ3n) is 2.01. The van der Waals surface area contributed by atoms with Crippen molar-refractivity contribution in [3.8, 4) is 5.75 Å². The Bertz CT molecular complexity index is 396. The van der Waals surface area contributed by atoms with E-state index in [2.05, 4.69) is 15.6 Å². The normalized spacial score (nSPS) is 11.2. The maximum Gasteiger partial charge on any atom is 0.190 e. The third kappa shape index (κ3) is 4.26. The van der Waals surface area contributed by atoms with Crippen LogP contribution in [0.4, 0.5) is 8.78 Å². The first-order valence-electron chi connectivity index (χ1n) is 5.13. The summed E-state index contributed by atoms with van der Waals surface area (Å²) in [5.41, 5.74) is 0. The highest BCUT2D eigenvalue weighted by atomic mass is 19.2. The zero-order valence-corrected chi connectivity index (χ0v) is 9.76. The summed E-state index contributed by atoms with van der Waals surface area (Å²) in [5, 5.41) is 5.80. The molecular formula is C11H15F2N3O. The van der Waals surface area contributed by atoms with Gasteiger partial charge in [0.2, 0.25) is 0 Å². The Kier molecular flexibility index (Phi) is 5.19. The molecule has 0 atom stereocenters.